The van der Waals surface area contributed by atoms with E-state index in [2.05, 4.69) is 26.9 Å². The number of Topliss-reactive ketones (excluding diaryl/α,β-unsaturated/α-hetero) is 1. The first-order valence-corrected chi connectivity index (χ1v) is 12.0. The summed E-state index contributed by atoms with van der Waals surface area (Å²) >= 11 is 0. The molecule has 0 saturated carbocycles. The predicted octanol–water partition coefficient (Wildman–Crippen LogP) is 4.59. The van der Waals surface area contributed by atoms with Crippen molar-refractivity contribution in [2.45, 2.75) is 19.1 Å². The number of aromatic nitrogens is 1. The normalized spacial score (nSPS) is 16.3. The van der Waals surface area contributed by atoms with Crippen LogP contribution in [0.2, 0.25) is 0 Å². The van der Waals surface area contributed by atoms with Gasteiger partial charge in [-0.3, -0.25) is 9.69 Å². The minimum absolute atomic E-state index is 0.259. The molecule has 1 aromatic heterocycles. The van der Waals surface area contributed by atoms with E-state index in [0.717, 1.165) is 59.6 Å². The van der Waals surface area contributed by atoms with Gasteiger partial charge >= 0.3 is 0 Å². The van der Waals surface area contributed by atoms with Gasteiger partial charge in [-0.05, 0) is 42.8 Å². The zero-order valence-electron chi connectivity index (χ0n) is 20.1. The van der Waals surface area contributed by atoms with E-state index < -0.39 is 12.1 Å². The topological polar surface area (TPSA) is 68.8 Å². The second kappa shape index (κ2) is 9.94. The van der Waals surface area contributed by atoms with Gasteiger partial charge in [0.05, 0.1) is 13.2 Å². The van der Waals surface area contributed by atoms with E-state index in [1.165, 1.54) is 0 Å². The smallest absolute Gasteiger partial charge is 0.195 e. The van der Waals surface area contributed by atoms with Crippen molar-refractivity contribution in [2.75, 3.05) is 38.2 Å². The summed E-state index contributed by atoms with van der Waals surface area (Å²) in [6.45, 7) is 5.14. The third kappa shape index (κ3) is 4.67. The highest BCUT2D eigenvalue weighted by Gasteiger charge is 2.35. The Balaban J connectivity index is 1.39. The number of piperazine rings is 1. The Morgan fingerprint density at radius 1 is 0.943 bits per heavy atom. The lowest BCUT2D eigenvalue weighted by Gasteiger charge is -2.41. The highest BCUT2D eigenvalue weighted by atomic mass is 16.5. The van der Waals surface area contributed by atoms with E-state index in [0.29, 0.717) is 5.56 Å². The number of benzene rings is 3. The molecule has 2 N–H and O–H groups in total. The van der Waals surface area contributed by atoms with Gasteiger partial charge in [0.2, 0.25) is 0 Å². The maximum Gasteiger partial charge on any atom is 0.195 e. The molecule has 2 atom stereocenters. The lowest BCUT2D eigenvalue weighted by Crippen LogP contribution is -2.51. The molecule has 2 heterocycles. The second-order valence-corrected chi connectivity index (χ2v) is 9.13. The average molecular weight is 470 g/mol. The van der Waals surface area contributed by atoms with Gasteiger partial charge in [-0.25, -0.2) is 0 Å². The Labute approximate surface area is 205 Å². The van der Waals surface area contributed by atoms with Gasteiger partial charge in [0.15, 0.2) is 5.78 Å². The Morgan fingerprint density at radius 2 is 1.63 bits per heavy atom. The molecule has 1 fully saturated rings. The van der Waals surface area contributed by atoms with Crippen molar-refractivity contribution in [3.8, 4) is 5.75 Å². The molecule has 6 heteroatoms. The molecule has 6 nitrogen and oxygen atoms in total. The molecule has 0 spiro atoms. The minimum atomic E-state index is -1.18. The summed E-state index contributed by atoms with van der Waals surface area (Å²) in [6.07, 6.45) is 0.536. The van der Waals surface area contributed by atoms with Crippen LogP contribution in [0.3, 0.4) is 0 Å². The highest BCUT2D eigenvalue weighted by molar-refractivity contribution is 6.10. The SMILES string of the molecule is COc1ccc(N2CCN([C@H](c3ccc(C)cc3)[C@H](O)C(=O)c3c[nH]c4ccccc34)CC2)cc1. The quantitative estimate of drug-likeness (QED) is 0.388. The summed E-state index contributed by atoms with van der Waals surface area (Å²) in [5.74, 6) is 0.580. The molecule has 1 saturated heterocycles. The lowest BCUT2D eigenvalue weighted by molar-refractivity contribution is 0.0366. The number of hydrogen-bond acceptors (Lipinski definition) is 5. The first-order valence-electron chi connectivity index (χ1n) is 12.0. The van der Waals surface area contributed by atoms with Crippen molar-refractivity contribution < 1.29 is 14.6 Å². The van der Waals surface area contributed by atoms with E-state index >= 15 is 0 Å². The van der Waals surface area contributed by atoms with Gasteiger partial charge in [-0.1, -0.05) is 48.0 Å². The van der Waals surface area contributed by atoms with Crippen molar-refractivity contribution in [1.82, 2.24) is 9.88 Å². The number of nitrogens with one attached hydrogen (secondary N) is 1. The van der Waals surface area contributed by atoms with Crippen LogP contribution in [0.5, 0.6) is 5.75 Å². The van der Waals surface area contributed by atoms with Crippen molar-refractivity contribution in [2.24, 2.45) is 0 Å². The number of aliphatic hydroxyl groups excluding tert-OH is 1. The highest BCUT2D eigenvalue weighted by Crippen LogP contribution is 2.31. The van der Waals surface area contributed by atoms with Crippen LogP contribution in [0.4, 0.5) is 5.69 Å². The number of methoxy groups -OCH3 is 1. The number of nitrogens with zero attached hydrogens (tertiary/aromatic N) is 2. The zero-order chi connectivity index (χ0) is 24.4. The van der Waals surface area contributed by atoms with Crippen molar-refractivity contribution in [3.63, 3.8) is 0 Å². The number of para-hydroxylation sites is 1. The molecule has 180 valence electrons. The van der Waals surface area contributed by atoms with Crippen LogP contribution in [0.15, 0.2) is 79.0 Å². The standard InChI is InChI=1S/C29H31N3O3/c1-20-7-9-21(10-8-20)27(29(34)28(33)25-19-30-26-6-4-3-5-24(25)26)32-17-15-31(16-18-32)22-11-13-23(35-2)14-12-22/h3-14,19,27,29-30,34H,15-18H2,1-2H3/t27-,29+/m1/s1. The van der Waals surface area contributed by atoms with Crippen molar-refractivity contribution >= 4 is 22.4 Å². The number of aliphatic hydroxyl groups is 1. The number of aryl methyl sites for hydroxylation is 1. The van der Waals surface area contributed by atoms with Gasteiger partial charge in [-0.15, -0.1) is 0 Å². The molecule has 0 radical (unpaired) electrons. The molecule has 1 aliphatic rings. The first-order chi connectivity index (χ1) is 17.0. The monoisotopic (exact) mass is 469 g/mol. The van der Waals surface area contributed by atoms with Crippen LogP contribution < -0.4 is 9.64 Å². The summed E-state index contributed by atoms with van der Waals surface area (Å²) in [4.78, 5) is 21.3. The Morgan fingerprint density at radius 3 is 2.31 bits per heavy atom. The van der Waals surface area contributed by atoms with Gasteiger partial charge in [0.1, 0.15) is 11.9 Å². The van der Waals surface area contributed by atoms with Crippen LogP contribution in [-0.2, 0) is 0 Å². The van der Waals surface area contributed by atoms with Gasteiger partial charge in [0, 0.05) is 54.5 Å². The largest absolute Gasteiger partial charge is 0.497 e. The van der Waals surface area contributed by atoms with E-state index in [4.69, 9.17) is 4.74 Å². The Bertz CT molecular complexity index is 1290. The number of aromatic amines is 1. The van der Waals surface area contributed by atoms with Crippen molar-refractivity contribution in [1.29, 1.82) is 0 Å². The summed E-state index contributed by atoms with van der Waals surface area (Å²) in [5.41, 5.74) is 4.67. The Hall–Kier alpha value is -3.61. The molecular weight excluding hydrogens is 438 g/mol. The number of ketones is 1. The number of carbonyl (C=O) groups is 1. The van der Waals surface area contributed by atoms with Gasteiger partial charge in [-0.2, -0.15) is 0 Å². The summed E-state index contributed by atoms with van der Waals surface area (Å²) < 4.78 is 5.28. The fourth-order valence-corrected chi connectivity index (χ4v) is 4.99. The molecule has 4 aromatic rings. The van der Waals surface area contributed by atoms with Crippen LogP contribution in [0.1, 0.15) is 27.5 Å². The number of hydrogen-bond donors (Lipinski definition) is 2. The van der Waals surface area contributed by atoms with Gasteiger partial charge in [0.25, 0.3) is 0 Å². The number of anilines is 1. The second-order valence-electron chi connectivity index (χ2n) is 9.13. The van der Waals surface area contributed by atoms with Crippen LogP contribution >= 0.6 is 0 Å². The maximum absolute atomic E-state index is 13.6. The number of H-pyrrole nitrogens is 1. The molecule has 35 heavy (non-hydrogen) atoms. The summed E-state index contributed by atoms with van der Waals surface area (Å²) in [6, 6.07) is 23.5. The third-order valence-electron chi connectivity index (χ3n) is 6.99. The first kappa shape index (κ1) is 23.1. The predicted molar refractivity (Wildman–Crippen MR) is 139 cm³/mol. The molecule has 1 aliphatic heterocycles. The fourth-order valence-electron chi connectivity index (χ4n) is 4.99. The molecule has 0 aliphatic carbocycles. The number of ether oxygens (including phenoxy) is 1. The van der Waals surface area contributed by atoms with E-state index in [1.807, 2.05) is 67.6 Å². The van der Waals surface area contributed by atoms with Crippen LogP contribution in [0.25, 0.3) is 10.9 Å². The van der Waals surface area contributed by atoms with Crippen LogP contribution in [-0.4, -0.2) is 60.2 Å². The van der Waals surface area contributed by atoms with Gasteiger partial charge < -0.3 is 19.7 Å². The minimum Gasteiger partial charge on any atom is -0.497 e. The fraction of sp³-hybridized carbons (Fsp3) is 0.276. The summed E-state index contributed by atoms with van der Waals surface area (Å²) in [7, 11) is 1.67. The molecule has 0 bridgehead atoms. The zero-order valence-corrected chi connectivity index (χ0v) is 20.1. The molecule has 0 unspecified atom stereocenters. The third-order valence-corrected chi connectivity index (χ3v) is 6.99. The summed E-state index contributed by atoms with van der Waals surface area (Å²) in [5, 5.41) is 12.3. The van der Waals surface area contributed by atoms with Crippen LogP contribution in [0, 0.1) is 6.92 Å². The molecule has 3 aromatic carbocycles. The number of fused-ring (bicyclic) bond motifs is 1. The molecule has 5 rings (SSSR count). The van der Waals surface area contributed by atoms with Crippen molar-refractivity contribution in [3.05, 3.63) is 95.7 Å². The van der Waals surface area contributed by atoms with E-state index in [-0.39, 0.29) is 5.78 Å². The maximum atomic E-state index is 13.6. The van der Waals surface area contributed by atoms with E-state index in [9.17, 15) is 9.90 Å². The Kier molecular flexibility index (Phi) is 6.57. The number of rotatable bonds is 7. The lowest BCUT2D eigenvalue weighted by atomic mass is 9.92. The molecule has 0 amide bonds. The van der Waals surface area contributed by atoms with E-state index in [1.54, 1.807) is 13.3 Å². The number of carbonyl (C=O) groups excluding carboxylic acids is 1. The average Bonchev–Trinajstić information content (AvgIpc) is 3.34. The molecular formula is C29H31N3O3.